The quantitative estimate of drug-likeness (QED) is 0.680. The van der Waals surface area contributed by atoms with E-state index < -0.39 is 0 Å². The molecule has 4 heteroatoms. The zero-order chi connectivity index (χ0) is 10.8. The number of amides is 2. The molecule has 1 heterocycles. The van der Waals surface area contributed by atoms with E-state index in [4.69, 9.17) is 5.11 Å². The molecule has 0 unspecified atom stereocenters. The fraction of sp³-hybridized carbons (Fsp3) is 0.909. The van der Waals surface area contributed by atoms with Crippen LogP contribution in [0.1, 0.15) is 32.6 Å². The third kappa shape index (κ3) is 2.62. The van der Waals surface area contributed by atoms with Crippen LogP contribution in [0.15, 0.2) is 0 Å². The summed E-state index contributed by atoms with van der Waals surface area (Å²) in [6.45, 7) is 3.99. The molecule has 86 valence electrons. The number of carbonyl (C=O) groups excluding carboxylic acids is 1. The van der Waals surface area contributed by atoms with Crippen LogP contribution in [0.5, 0.6) is 0 Å². The fourth-order valence-electron chi connectivity index (χ4n) is 2.18. The molecular formula is C11H20N2O2. The molecular weight excluding hydrogens is 192 g/mol. The summed E-state index contributed by atoms with van der Waals surface area (Å²) in [7, 11) is 0. The standard InChI is InChI=1S/C11H20N2O2/c1-8-2-4-13(5-3-8)11(15)12-9-6-10(14)7-9/h8-10,14H,2-7H2,1H3,(H,12,15). The number of likely N-dealkylation sites (tertiary alicyclic amines) is 1. The van der Waals surface area contributed by atoms with E-state index >= 15 is 0 Å². The minimum atomic E-state index is -0.198. The number of urea groups is 1. The number of nitrogens with zero attached hydrogens (tertiary/aromatic N) is 1. The second-order valence-corrected chi connectivity index (χ2v) is 4.94. The number of aliphatic hydroxyl groups excluding tert-OH is 1. The van der Waals surface area contributed by atoms with Gasteiger partial charge in [-0.25, -0.2) is 4.79 Å². The number of hydrogen-bond donors (Lipinski definition) is 2. The molecule has 2 rings (SSSR count). The summed E-state index contributed by atoms with van der Waals surface area (Å²) < 4.78 is 0. The molecule has 2 amide bonds. The lowest BCUT2D eigenvalue weighted by atomic mass is 9.90. The average Bonchev–Trinajstić information content (AvgIpc) is 2.16. The van der Waals surface area contributed by atoms with Crippen molar-refractivity contribution in [2.45, 2.75) is 44.8 Å². The van der Waals surface area contributed by atoms with E-state index in [2.05, 4.69) is 12.2 Å². The first-order chi connectivity index (χ1) is 7.15. The molecule has 2 aliphatic rings. The van der Waals surface area contributed by atoms with E-state index in [-0.39, 0.29) is 18.2 Å². The van der Waals surface area contributed by atoms with E-state index in [1.807, 2.05) is 4.90 Å². The van der Waals surface area contributed by atoms with Crippen molar-refractivity contribution >= 4 is 6.03 Å². The van der Waals surface area contributed by atoms with Crippen LogP contribution in [0.2, 0.25) is 0 Å². The molecule has 0 bridgehead atoms. The van der Waals surface area contributed by atoms with Crippen LogP contribution in [0, 0.1) is 5.92 Å². The Morgan fingerprint density at radius 1 is 1.33 bits per heavy atom. The fourth-order valence-corrected chi connectivity index (χ4v) is 2.18. The SMILES string of the molecule is CC1CCN(C(=O)NC2CC(O)C2)CC1. The van der Waals surface area contributed by atoms with Crippen molar-refractivity contribution < 1.29 is 9.90 Å². The minimum absolute atomic E-state index is 0.0544. The number of hydrogen-bond acceptors (Lipinski definition) is 2. The zero-order valence-corrected chi connectivity index (χ0v) is 9.28. The molecule has 0 spiro atoms. The molecule has 1 aliphatic heterocycles. The summed E-state index contributed by atoms with van der Waals surface area (Å²) in [5, 5.41) is 12.1. The van der Waals surface area contributed by atoms with E-state index in [0.717, 1.165) is 44.7 Å². The summed E-state index contributed by atoms with van der Waals surface area (Å²) in [6, 6.07) is 0.255. The Labute approximate surface area is 90.6 Å². The smallest absolute Gasteiger partial charge is 0.317 e. The lowest BCUT2D eigenvalue weighted by Crippen LogP contribution is -2.52. The topological polar surface area (TPSA) is 52.6 Å². The average molecular weight is 212 g/mol. The molecule has 0 aromatic heterocycles. The van der Waals surface area contributed by atoms with Gasteiger partial charge in [0.2, 0.25) is 0 Å². The number of aliphatic hydroxyl groups is 1. The van der Waals surface area contributed by atoms with Crippen molar-refractivity contribution in [2.75, 3.05) is 13.1 Å². The number of rotatable bonds is 1. The predicted octanol–water partition coefficient (Wildman–Crippen LogP) is 0.951. The van der Waals surface area contributed by atoms with Crippen molar-refractivity contribution in [3.05, 3.63) is 0 Å². The maximum absolute atomic E-state index is 11.7. The van der Waals surface area contributed by atoms with E-state index in [1.165, 1.54) is 0 Å². The van der Waals surface area contributed by atoms with Gasteiger partial charge >= 0.3 is 6.03 Å². The molecule has 0 radical (unpaired) electrons. The van der Waals surface area contributed by atoms with Gasteiger partial charge < -0.3 is 15.3 Å². The van der Waals surface area contributed by atoms with Crippen LogP contribution < -0.4 is 5.32 Å². The molecule has 1 saturated heterocycles. The second-order valence-electron chi connectivity index (χ2n) is 4.94. The van der Waals surface area contributed by atoms with Gasteiger partial charge in [0, 0.05) is 19.1 Å². The van der Waals surface area contributed by atoms with Crippen molar-refractivity contribution in [3.8, 4) is 0 Å². The summed E-state index contributed by atoms with van der Waals surface area (Å²) in [4.78, 5) is 13.6. The lowest BCUT2D eigenvalue weighted by molar-refractivity contribution is 0.0625. The van der Waals surface area contributed by atoms with Crippen molar-refractivity contribution in [1.29, 1.82) is 0 Å². The lowest BCUT2D eigenvalue weighted by Gasteiger charge is -2.36. The Morgan fingerprint density at radius 3 is 2.47 bits per heavy atom. The molecule has 2 N–H and O–H groups in total. The minimum Gasteiger partial charge on any atom is -0.393 e. The first kappa shape index (κ1) is 10.7. The van der Waals surface area contributed by atoms with Crippen molar-refractivity contribution in [3.63, 3.8) is 0 Å². The van der Waals surface area contributed by atoms with Crippen LogP contribution in [0.4, 0.5) is 4.79 Å². The van der Waals surface area contributed by atoms with Gasteiger partial charge in [-0.05, 0) is 31.6 Å². The Kier molecular flexibility index (Phi) is 3.14. The number of piperidine rings is 1. The van der Waals surface area contributed by atoms with Crippen LogP contribution in [-0.4, -0.2) is 41.3 Å². The first-order valence-corrected chi connectivity index (χ1v) is 5.88. The van der Waals surface area contributed by atoms with Gasteiger partial charge in [-0.3, -0.25) is 0 Å². The highest BCUT2D eigenvalue weighted by Gasteiger charge is 2.30. The van der Waals surface area contributed by atoms with Gasteiger partial charge in [0.1, 0.15) is 0 Å². The Hall–Kier alpha value is -0.770. The largest absolute Gasteiger partial charge is 0.393 e. The number of carbonyl (C=O) groups is 1. The van der Waals surface area contributed by atoms with E-state index in [9.17, 15) is 4.79 Å². The summed E-state index contributed by atoms with van der Waals surface area (Å²) in [6.07, 6.45) is 3.46. The third-order valence-electron chi connectivity index (χ3n) is 3.51. The highest BCUT2D eigenvalue weighted by Crippen LogP contribution is 2.21. The molecule has 0 aromatic carbocycles. The maximum atomic E-state index is 11.7. The first-order valence-electron chi connectivity index (χ1n) is 5.88. The van der Waals surface area contributed by atoms with E-state index in [1.54, 1.807) is 0 Å². The van der Waals surface area contributed by atoms with Gasteiger partial charge in [0.25, 0.3) is 0 Å². The van der Waals surface area contributed by atoms with Gasteiger partial charge in [-0.1, -0.05) is 6.92 Å². The van der Waals surface area contributed by atoms with Gasteiger partial charge in [0.05, 0.1) is 6.10 Å². The molecule has 1 aliphatic carbocycles. The predicted molar refractivity (Wildman–Crippen MR) is 57.5 cm³/mol. The summed E-state index contributed by atoms with van der Waals surface area (Å²) in [5.74, 6) is 0.750. The molecule has 0 aromatic rings. The Balaban J connectivity index is 1.71. The van der Waals surface area contributed by atoms with Gasteiger partial charge in [-0.2, -0.15) is 0 Å². The van der Waals surface area contributed by atoms with Crippen LogP contribution >= 0.6 is 0 Å². The molecule has 0 atom stereocenters. The van der Waals surface area contributed by atoms with E-state index in [0.29, 0.717) is 0 Å². The van der Waals surface area contributed by atoms with Crippen LogP contribution in [0.25, 0.3) is 0 Å². The molecule has 1 saturated carbocycles. The second kappa shape index (κ2) is 4.39. The Bertz CT molecular complexity index is 231. The number of nitrogens with one attached hydrogen (secondary N) is 1. The van der Waals surface area contributed by atoms with Crippen molar-refractivity contribution in [1.82, 2.24) is 10.2 Å². The summed E-state index contributed by atoms with van der Waals surface area (Å²) in [5.41, 5.74) is 0. The monoisotopic (exact) mass is 212 g/mol. The third-order valence-corrected chi connectivity index (χ3v) is 3.51. The molecule has 15 heavy (non-hydrogen) atoms. The van der Waals surface area contributed by atoms with Crippen LogP contribution in [0.3, 0.4) is 0 Å². The normalized spacial score (nSPS) is 32.3. The van der Waals surface area contributed by atoms with Gasteiger partial charge in [0.15, 0.2) is 0 Å². The molecule has 4 nitrogen and oxygen atoms in total. The van der Waals surface area contributed by atoms with Crippen LogP contribution in [-0.2, 0) is 0 Å². The Morgan fingerprint density at radius 2 is 1.93 bits per heavy atom. The highest BCUT2D eigenvalue weighted by molar-refractivity contribution is 5.74. The highest BCUT2D eigenvalue weighted by atomic mass is 16.3. The van der Waals surface area contributed by atoms with Crippen molar-refractivity contribution in [2.24, 2.45) is 5.92 Å². The maximum Gasteiger partial charge on any atom is 0.317 e. The molecule has 2 fully saturated rings. The zero-order valence-electron chi connectivity index (χ0n) is 9.28. The van der Waals surface area contributed by atoms with Gasteiger partial charge in [-0.15, -0.1) is 0 Å². The summed E-state index contributed by atoms with van der Waals surface area (Å²) >= 11 is 0.